The van der Waals surface area contributed by atoms with Gasteiger partial charge in [0.05, 0.1) is 5.69 Å². The molecule has 4 nitrogen and oxygen atoms in total. The molecule has 104 valence electrons. The minimum Gasteiger partial charge on any atom is -0.353 e. The van der Waals surface area contributed by atoms with Gasteiger partial charge in [-0.1, -0.05) is 6.07 Å². The van der Waals surface area contributed by atoms with E-state index in [2.05, 4.69) is 10.6 Å². The van der Waals surface area contributed by atoms with E-state index >= 15 is 0 Å². The second kappa shape index (κ2) is 6.16. The Morgan fingerprint density at radius 3 is 2.35 bits per heavy atom. The molecule has 20 heavy (non-hydrogen) atoms. The Hall–Kier alpha value is -2.40. The minimum atomic E-state index is -0.348. The molecule has 0 radical (unpaired) electrons. The lowest BCUT2D eigenvalue weighted by atomic mass is 10.2. The predicted molar refractivity (Wildman–Crippen MR) is 78.3 cm³/mol. The van der Waals surface area contributed by atoms with Gasteiger partial charge in [-0.15, -0.1) is 0 Å². The highest BCUT2D eigenvalue weighted by atomic mass is 19.1. The van der Waals surface area contributed by atoms with Crippen LogP contribution in [0.4, 0.5) is 21.5 Å². The van der Waals surface area contributed by atoms with Crippen LogP contribution in [0.5, 0.6) is 0 Å². The number of halogens is 1. The predicted octanol–water partition coefficient (Wildman–Crippen LogP) is 2.99. The summed E-state index contributed by atoms with van der Waals surface area (Å²) in [5, 5.41) is 5.64. The summed E-state index contributed by atoms with van der Waals surface area (Å²) in [5.41, 5.74) is 8.02. The molecule has 0 heterocycles. The summed E-state index contributed by atoms with van der Waals surface area (Å²) in [6.07, 6.45) is 0. The van der Waals surface area contributed by atoms with Gasteiger partial charge in [-0.05, 0) is 42.0 Å². The highest BCUT2D eigenvalue weighted by molar-refractivity contribution is 5.88. The van der Waals surface area contributed by atoms with Gasteiger partial charge in [0, 0.05) is 24.8 Å². The van der Waals surface area contributed by atoms with Gasteiger partial charge in [0.25, 0.3) is 0 Å². The van der Waals surface area contributed by atoms with Crippen molar-refractivity contribution in [3.05, 3.63) is 53.8 Å². The van der Waals surface area contributed by atoms with E-state index in [0.29, 0.717) is 17.9 Å². The summed E-state index contributed by atoms with van der Waals surface area (Å²) in [5.74, 6) is -0.479. The number of benzene rings is 2. The average molecular weight is 273 g/mol. The maximum atomic E-state index is 13.8. The number of rotatable bonds is 4. The van der Waals surface area contributed by atoms with Crippen molar-refractivity contribution in [2.75, 3.05) is 10.6 Å². The van der Waals surface area contributed by atoms with E-state index in [0.717, 1.165) is 11.3 Å². The number of anilines is 3. The van der Waals surface area contributed by atoms with Crippen LogP contribution in [0.3, 0.4) is 0 Å². The molecule has 0 spiro atoms. The molecule has 5 heteroatoms. The van der Waals surface area contributed by atoms with Crippen LogP contribution in [-0.4, -0.2) is 5.91 Å². The molecule has 0 saturated heterocycles. The molecular formula is C15H16FN3O. The smallest absolute Gasteiger partial charge is 0.221 e. The fourth-order valence-corrected chi connectivity index (χ4v) is 1.78. The molecule has 2 aromatic carbocycles. The van der Waals surface area contributed by atoms with Gasteiger partial charge in [0.1, 0.15) is 5.82 Å². The number of hydrogen-bond acceptors (Lipinski definition) is 3. The number of hydrogen-bond donors (Lipinski definition) is 3. The third kappa shape index (κ3) is 3.55. The summed E-state index contributed by atoms with van der Waals surface area (Å²) in [4.78, 5) is 10.9. The minimum absolute atomic E-state index is 0.130. The Morgan fingerprint density at radius 1 is 1.15 bits per heavy atom. The van der Waals surface area contributed by atoms with Gasteiger partial charge >= 0.3 is 0 Å². The maximum Gasteiger partial charge on any atom is 0.221 e. The Balaban J connectivity index is 2.12. The second-order valence-corrected chi connectivity index (χ2v) is 4.40. The van der Waals surface area contributed by atoms with Gasteiger partial charge in [-0.2, -0.15) is 0 Å². The number of nitrogens with one attached hydrogen (secondary N) is 2. The lowest BCUT2D eigenvalue weighted by Crippen LogP contribution is -2.05. The van der Waals surface area contributed by atoms with Crippen LogP contribution < -0.4 is 16.4 Å². The largest absolute Gasteiger partial charge is 0.353 e. The van der Waals surface area contributed by atoms with Crippen LogP contribution >= 0.6 is 0 Å². The zero-order valence-corrected chi connectivity index (χ0v) is 11.1. The van der Waals surface area contributed by atoms with Crippen molar-refractivity contribution in [1.29, 1.82) is 0 Å². The molecule has 0 atom stereocenters. The molecule has 0 bridgehead atoms. The van der Waals surface area contributed by atoms with E-state index in [1.165, 1.54) is 13.0 Å². The average Bonchev–Trinajstić information content (AvgIpc) is 2.42. The molecule has 0 saturated carbocycles. The Kier molecular flexibility index (Phi) is 4.32. The van der Waals surface area contributed by atoms with Crippen molar-refractivity contribution in [2.24, 2.45) is 5.73 Å². The standard InChI is InChI=1S/C15H16FN3O/c1-10(20)18-12-3-5-13(6-4-12)19-15-7-2-11(9-17)8-14(15)16/h2-8,19H,9,17H2,1H3,(H,18,20). The van der Waals surface area contributed by atoms with Crippen molar-refractivity contribution in [3.63, 3.8) is 0 Å². The second-order valence-electron chi connectivity index (χ2n) is 4.40. The first-order valence-electron chi connectivity index (χ1n) is 6.21. The van der Waals surface area contributed by atoms with Crippen LogP contribution in [0, 0.1) is 5.82 Å². The van der Waals surface area contributed by atoms with Crippen LogP contribution in [0.15, 0.2) is 42.5 Å². The molecule has 0 unspecified atom stereocenters. The number of nitrogens with two attached hydrogens (primary N) is 1. The van der Waals surface area contributed by atoms with Crippen molar-refractivity contribution in [3.8, 4) is 0 Å². The Morgan fingerprint density at radius 2 is 1.80 bits per heavy atom. The molecule has 0 aliphatic heterocycles. The van der Waals surface area contributed by atoms with E-state index in [-0.39, 0.29) is 11.7 Å². The zero-order chi connectivity index (χ0) is 14.5. The first-order chi connectivity index (χ1) is 9.58. The molecule has 0 aromatic heterocycles. The van der Waals surface area contributed by atoms with Crippen molar-refractivity contribution in [1.82, 2.24) is 0 Å². The van der Waals surface area contributed by atoms with Gasteiger partial charge < -0.3 is 16.4 Å². The monoisotopic (exact) mass is 273 g/mol. The molecule has 4 N–H and O–H groups in total. The number of carbonyl (C=O) groups excluding carboxylic acids is 1. The molecule has 2 aromatic rings. The lowest BCUT2D eigenvalue weighted by molar-refractivity contribution is -0.114. The molecule has 0 aliphatic carbocycles. The first-order valence-corrected chi connectivity index (χ1v) is 6.21. The molecule has 0 aliphatic rings. The zero-order valence-electron chi connectivity index (χ0n) is 11.1. The van der Waals surface area contributed by atoms with Gasteiger partial charge in [0.2, 0.25) is 5.91 Å². The summed E-state index contributed by atoms with van der Waals surface area (Å²) in [6, 6.07) is 11.9. The summed E-state index contributed by atoms with van der Waals surface area (Å²) >= 11 is 0. The van der Waals surface area contributed by atoms with Crippen molar-refractivity contribution >= 4 is 23.0 Å². The van der Waals surface area contributed by atoms with E-state index in [1.807, 2.05) is 0 Å². The molecule has 1 amide bonds. The quantitative estimate of drug-likeness (QED) is 0.802. The normalized spacial score (nSPS) is 10.2. The van der Waals surface area contributed by atoms with E-state index < -0.39 is 0 Å². The van der Waals surface area contributed by atoms with E-state index in [9.17, 15) is 9.18 Å². The maximum absolute atomic E-state index is 13.8. The fourth-order valence-electron chi connectivity index (χ4n) is 1.78. The highest BCUT2D eigenvalue weighted by Gasteiger charge is 2.04. The number of carbonyl (C=O) groups is 1. The number of amides is 1. The van der Waals surface area contributed by atoms with Gasteiger partial charge in [-0.25, -0.2) is 4.39 Å². The van der Waals surface area contributed by atoms with Crippen LogP contribution in [0.2, 0.25) is 0 Å². The van der Waals surface area contributed by atoms with E-state index in [4.69, 9.17) is 5.73 Å². The Labute approximate surface area is 116 Å². The van der Waals surface area contributed by atoms with Crippen molar-refractivity contribution < 1.29 is 9.18 Å². The summed E-state index contributed by atoms with van der Waals surface area (Å²) < 4.78 is 13.8. The molecular weight excluding hydrogens is 257 g/mol. The van der Waals surface area contributed by atoms with E-state index in [1.54, 1.807) is 36.4 Å². The SMILES string of the molecule is CC(=O)Nc1ccc(Nc2ccc(CN)cc2F)cc1. The third-order valence-corrected chi connectivity index (χ3v) is 2.75. The fraction of sp³-hybridized carbons (Fsp3) is 0.133. The van der Waals surface area contributed by atoms with Crippen LogP contribution in [0.25, 0.3) is 0 Å². The van der Waals surface area contributed by atoms with Crippen LogP contribution in [-0.2, 0) is 11.3 Å². The summed E-state index contributed by atoms with van der Waals surface area (Å²) in [6.45, 7) is 1.75. The lowest BCUT2D eigenvalue weighted by Gasteiger charge is -2.09. The van der Waals surface area contributed by atoms with Gasteiger partial charge in [-0.3, -0.25) is 4.79 Å². The highest BCUT2D eigenvalue weighted by Crippen LogP contribution is 2.22. The summed E-state index contributed by atoms with van der Waals surface area (Å²) in [7, 11) is 0. The molecule has 0 fully saturated rings. The molecule has 2 rings (SSSR count). The topological polar surface area (TPSA) is 67.2 Å². The first kappa shape index (κ1) is 14.0. The van der Waals surface area contributed by atoms with Crippen molar-refractivity contribution in [2.45, 2.75) is 13.5 Å². The third-order valence-electron chi connectivity index (χ3n) is 2.75. The van der Waals surface area contributed by atoms with Crippen LogP contribution in [0.1, 0.15) is 12.5 Å². The van der Waals surface area contributed by atoms with Gasteiger partial charge in [0.15, 0.2) is 0 Å². The Bertz CT molecular complexity index is 611.